The summed E-state index contributed by atoms with van der Waals surface area (Å²) in [6.45, 7) is 6.18. The van der Waals surface area contributed by atoms with E-state index in [2.05, 4.69) is 19.9 Å². The minimum Gasteiger partial charge on any atom is -0.462 e. The summed E-state index contributed by atoms with van der Waals surface area (Å²) in [6.07, 6.45) is 6.73. The fourth-order valence-corrected chi connectivity index (χ4v) is 3.29. The normalized spacial score (nSPS) is 31.8. The van der Waals surface area contributed by atoms with Crippen molar-refractivity contribution >= 4 is 0 Å². The highest BCUT2D eigenvalue weighted by atomic mass is 16.5. The van der Waals surface area contributed by atoms with E-state index in [1.807, 2.05) is 6.92 Å². The van der Waals surface area contributed by atoms with Crippen molar-refractivity contribution in [1.82, 2.24) is 0 Å². The minimum absolute atomic E-state index is 0.118. The molecule has 2 rings (SSSR count). The second kappa shape index (κ2) is 5.06. The zero-order valence-electron chi connectivity index (χ0n) is 11.8. The number of methoxy groups -OCH3 is 1. The van der Waals surface area contributed by atoms with Gasteiger partial charge >= 0.3 is 0 Å². The first kappa shape index (κ1) is 13.6. The van der Waals surface area contributed by atoms with Crippen molar-refractivity contribution < 1.29 is 14.6 Å². The Morgan fingerprint density at radius 3 is 2.78 bits per heavy atom. The van der Waals surface area contributed by atoms with Crippen LogP contribution in [0.1, 0.15) is 40.0 Å². The Morgan fingerprint density at radius 2 is 2.28 bits per heavy atom. The van der Waals surface area contributed by atoms with E-state index in [0.717, 1.165) is 25.0 Å². The Hall–Kier alpha value is -0.800. The van der Waals surface area contributed by atoms with Crippen LogP contribution in [-0.2, 0) is 9.47 Å². The lowest BCUT2D eigenvalue weighted by atomic mass is 9.66. The maximum atomic E-state index is 9.77. The summed E-state index contributed by atoms with van der Waals surface area (Å²) >= 11 is 0. The molecule has 1 aliphatic heterocycles. The van der Waals surface area contributed by atoms with Crippen LogP contribution >= 0.6 is 0 Å². The summed E-state index contributed by atoms with van der Waals surface area (Å²) in [5.41, 5.74) is 1.27. The average Bonchev–Trinajstić information content (AvgIpc) is 3.11. The van der Waals surface area contributed by atoms with Gasteiger partial charge in [-0.2, -0.15) is 0 Å². The summed E-state index contributed by atoms with van der Waals surface area (Å²) in [6, 6.07) is 0. The molecule has 4 atom stereocenters. The predicted molar refractivity (Wildman–Crippen MR) is 70.9 cm³/mol. The molecule has 18 heavy (non-hydrogen) atoms. The Kier molecular flexibility index (Phi) is 3.83. The lowest BCUT2D eigenvalue weighted by Gasteiger charge is -2.41. The zero-order valence-corrected chi connectivity index (χ0v) is 11.8. The Balaban J connectivity index is 2.23. The van der Waals surface area contributed by atoms with E-state index >= 15 is 0 Å². The second-order valence-electron chi connectivity index (χ2n) is 5.93. The lowest BCUT2D eigenvalue weighted by Crippen LogP contribution is -2.40. The van der Waals surface area contributed by atoms with Gasteiger partial charge in [0.15, 0.2) is 0 Å². The fourth-order valence-electron chi connectivity index (χ4n) is 3.29. The van der Waals surface area contributed by atoms with Crippen LogP contribution in [0.25, 0.3) is 0 Å². The summed E-state index contributed by atoms with van der Waals surface area (Å²) in [7, 11) is 1.76. The molecule has 0 aromatic rings. The van der Waals surface area contributed by atoms with E-state index < -0.39 is 0 Å². The molecule has 3 heteroatoms. The van der Waals surface area contributed by atoms with E-state index in [1.165, 1.54) is 5.57 Å². The van der Waals surface area contributed by atoms with Crippen LogP contribution in [0.15, 0.2) is 23.7 Å². The van der Waals surface area contributed by atoms with Crippen molar-refractivity contribution in [3.63, 3.8) is 0 Å². The molecule has 0 saturated heterocycles. The van der Waals surface area contributed by atoms with Crippen LogP contribution < -0.4 is 0 Å². The van der Waals surface area contributed by atoms with Gasteiger partial charge < -0.3 is 14.6 Å². The zero-order chi connectivity index (χ0) is 13.3. The van der Waals surface area contributed by atoms with Crippen LogP contribution in [0.2, 0.25) is 0 Å². The average molecular weight is 252 g/mol. The number of rotatable bonds is 5. The molecule has 0 fully saturated rings. The monoisotopic (exact) mass is 252 g/mol. The second-order valence-corrected chi connectivity index (χ2v) is 5.93. The van der Waals surface area contributed by atoms with E-state index in [0.29, 0.717) is 5.92 Å². The molecule has 102 valence electrons. The summed E-state index contributed by atoms with van der Waals surface area (Å²) in [5, 5.41) is 9.77. The SMILES string of the molecule is COC1C=C(C)CCC1C(C)(C[C@H](C)O)C1=CO1. The van der Waals surface area contributed by atoms with Crippen LogP contribution in [0.3, 0.4) is 0 Å². The highest BCUT2D eigenvalue weighted by molar-refractivity contribution is 5.21. The standard InChI is InChI=1S/C15H24O3/c1-10-5-6-12(13(7-10)17-4)15(3,8-11(2)16)14-9-18-14/h7,9,11-13,16H,5-6,8H2,1-4H3/t11-,12?,13?,15?/m0/s1. The van der Waals surface area contributed by atoms with Crippen LogP contribution in [0.4, 0.5) is 0 Å². The predicted octanol–water partition coefficient (Wildman–Crippen LogP) is 3.01. The van der Waals surface area contributed by atoms with Crippen molar-refractivity contribution in [2.75, 3.05) is 7.11 Å². The molecule has 1 N–H and O–H groups in total. The molecule has 0 aromatic heterocycles. The summed E-state index contributed by atoms with van der Waals surface area (Å²) < 4.78 is 11.0. The van der Waals surface area contributed by atoms with E-state index in [-0.39, 0.29) is 17.6 Å². The molecule has 0 spiro atoms. The number of hydrogen-bond donors (Lipinski definition) is 1. The molecular formula is C15H24O3. The first-order valence-corrected chi connectivity index (χ1v) is 6.73. The molecule has 3 nitrogen and oxygen atoms in total. The van der Waals surface area contributed by atoms with Crippen molar-refractivity contribution in [2.45, 2.75) is 52.2 Å². The van der Waals surface area contributed by atoms with Crippen molar-refractivity contribution in [3.05, 3.63) is 23.7 Å². The summed E-state index contributed by atoms with van der Waals surface area (Å²) in [4.78, 5) is 0. The van der Waals surface area contributed by atoms with Gasteiger partial charge in [0, 0.05) is 18.4 Å². The Morgan fingerprint density at radius 1 is 1.61 bits per heavy atom. The fraction of sp³-hybridized carbons (Fsp3) is 0.733. The van der Waals surface area contributed by atoms with Crippen LogP contribution in [0, 0.1) is 11.3 Å². The molecule has 0 amide bonds. The molecule has 0 aromatic carbocycles. The van der Waals surface area contributed by atoms with E-state index in [4.69, 9.17) is 9.47 Å². The van der Waals surface area contributed by atoms with Crippen molar-refractivity contribution in [1.29, 1.82) is 0 Å². The molecule has 2 aliphatic rings. The van der Waals surface area contributed by atoms with Gasteiger partial charge in [-0.3, -0.25) is 0 Å². The maximum absolute atomic E-state index is 9.77. The van der Waals surface area contributed by atoms with E-state index in [1.54, 1.807) is 13.4 Å². The number of allylic oxidation sites excluding steroid dienone is 2. The molecule has 1 heterocycles. The van der Waals surface area contributed by atoms with Gasteiger partial charge in [0.05, 0.1) is 12.2 Å². The number of aliphatic hydroxyl groups excluding tert-OH is 1. The van der Waals surface area contributed by atoms with Gasteiger partial charge in [-0.25, -0.2) is 0 Å². The number of aliphatic hydroxyl groups is 1. The van der Waals surface area contributed by atoms with Crippen LogP contribution in [-0.4, -0.2) is 24.4 Å². The smallest absolute Gasteiger partial charge is 0.145 e. The number of ether oxygens (including phenoxy) is 2. The first-order valence-electron chi connectivity index (χ1n) is 6.73. The molecular weight excluding hydrogens is 228 g/mol. The van der Waals surface area contributed by atoms with Crippen molar-refractivity contribution in [2.24, 2.45) is 11.3 Å². The maximum Gasteiger partial charge on any atom is 0.145 e. The summed E-state index contributed by atoms with van der Waals surface area (Å²) in [5.74, 6) is 1.39. The largest absolute Gasteiger partial charge is 0.462 e. The van der Waals surface area contributed by atoms with Gasteiger partial charge in [-0.05, 0) is 33.1 Å². The molecule has 0 bridgehead atoms. The van der Waals surface area contributed by atoms with Crippen LogP contribution in [0.5, 0.6) is 0 Å². The Labute approximate surface area is 109 Å². The molecule has 0 saturated carbocycles. The third-order valence-corrected chi connectivity index (χ3v) is 4.30. The lowest BCUT2D eigenvalue weighted by molar-refractivity contribution is -0.00176. The third kappa shape index (κ3) is 2.62. The topological polar surface area (TPSA) is 42.0 Å². The molecule has 1 aliphatic carbocycles. The van der Waals surface area contributed by atoms with Crippen molar-refractivity contribution in [3.8, 4) is 0 Å². The van der Waals surface area contributed by atoms with Gasteiger partial charge in [0.2, 0.25) is 0 Å². The van der Waals surface area contributed by atoms with Gasteiger partial charge in [-0.15, -0.1) is 0 Å². The minimum atomic E-state index is -0.329. The highest BCUT2D eigenvalue weighted by Gasteiger charge is 2.47. The van der Waals surface area contributed by atoms with Gasteiger partial charge in [0.25, 0.3) is 0 Å². The van der Waals surface area contributed by atoms with Gasteiger partial charge in [-0.1, -0.05) is 18.6 Å². The van der Waals surface area contributed by atoms with Gasteiger partial charge in [0.1, 0.15) is 12.0 Å². The number of hydrogen-bond acceptors (Lipinski definition) is 3. The molecule has 3 unspecified atom stereocenters. The first-order chi connectivity index (χ1) is 8.47. The Bertz CT molecular complexity index is 370. The molecule has 0 radical (unpaired) electrons. The third-order valence-electron chi connectivity index (χ3n) is 4.30. The van der Waals surface area contributed by atoms with E-state index in [9.17, 15) is 5.11 Å². The quantitative estimate of drug-likeness (QED) is 0.765. The highest BCUT2D eigenvalue weighted by Crippen LogP contribution is 2.50.